The standard InChI is InChI=1S/C16H21N3O/c1-11(10-17)6-9-15-18-16(19-20-15)14-8-7-12-4-2-3-5-13(12)14/h2-5,11,14H,6-10,17H2,1H3. The Balaban J connectivity index is 1.72. The van der Waals surface area contributed by atoms with Crippen molar-refractivity contribution in [3.05, 3.63) is 47.1 Å². The molecule has 1 aromatic heterocycles. The van der Waals surface area contributed by atoms with Gasteiger partial charge in [0.1, 0.15) is 0 Å². The maximum absolute atomic E-state index is 5.63. The Bertz CT molecular complexity index is 579. The van der Waals surface area contributed by atoms with Gasteiger partial charge in [-0.3, -0.25) is 0 Å². The molecule has 2 N–H and O–H groups in total. The maximum Gasteiger partial charge on any atom is 0.226 e. The number of nitrogens with two attached hydrogens (primary N) is 1. The average Bonchev–Trinajstić information content (AvgIpc) is 3.10. The lowest BCUT2D eigenvalue weighted by atomic mass is 10.0. The minimum absolute atomic E-state index is 0.302. The van der Waals surface area contributed by atoms with E-state index in [-0.39, 0.29) is 0 Å². The first kappa shape index (κ1) is 13.3. The first-order chi connectivity index (χ1) is 9.78. The molecule has 0 saturated carbocycles. The zero-order chi connectivity index (χ0) is 13.9. The summed E-state index contributed by atoms with van der Waals surface area (Å²) in [7, 11) is 0. The number of aromatic nitrogens is 2. The molecular formula is C16H21N3O. The lowest BCUT2D eigenvalue weighted by molar-refractivity contribution is 0.360. The predicted octanol–water partition coefficient (Wildman–Crippen LogP) is 2.68. The van der Waals surface area contributed by atoms with Crippen LogP contribution in [0.2, 0.25) is 0 Å². The monoisotopic (exact) mass is 271 g/mol. The number of hydrogen-bond acceptors (Lipinski definition) is 4. The summed E-state index contributed by atoms with van der Waals surface area (Å²) in [5, 5.41) is 4.18. The van der Waals surface area contributed by atoms with Crippen molar-refractivity contribution in [2.45, 2.75) is 38.5 Å². The molecule has 106 valence electrons. The van der Waals surface area contributed by atoms with E-state index in [9.17, 15) is 0 Å². The van der Waals surface area contributed by atoms with Gasteiger partial charge in [0.05, 0.1) is 0 Å². The fourth-order valence-corrected chi connectivity index (χ4v) is 2.82. The van der Waals surface area contributed by atoms with Gasteiger partial charge in [-0.1, -0.05) is 36.3 Å². The summed E-state index contributed by atoms with van der Waals surface area (Å²) < 4.78 is 5.39. The molecule has 0 amide bonds. The summed E-state index contributed by atoms with van der Waals surface area (Å²) in [5.41, 5.74) is 8.40. The molecule has 2 unspecified atom stereocenters. The van der Waals surface area contributed by atoms with Crippen LogP contribution in [0.4, 0.5) is 0 Å². The first-order valence-corrected chi connectivity index (χ1v) is 7.38. The lowest BCUT2D eigenvalue weighted by Gasteiger charge is -2.05. The third kappa shape index (κ3) is 2.61. The van der Waals surface area contributed by atoms with Gasteiger partial charge < -0.3 is 10.3 Å². The number of nitrogens with zero attached hydrogens (tertiary/aromatic N) is 2. The summed E-state index contributed by atoms with van der Waals surface area (Å²) >= 11 is 0. The van der Waals surface area contributed by atoms with E-state index in [2.05, 4.69) is 41.3 Å². The minimum Gasteiger partial charge on any atom is -0.339 e. The summed E-state index contributed by atoms with van der Waals surface area (Å²) in [6.45, 7) is 2.85. The van der Waals surface area contributed by atoms with Crippen LogP contribution in [0.25, 0.3) is 0 Å². The summed E-state index contributed by atoms with van der Waals surface area (Å²) in [6.07, 6.45) is 4.01. The van der Waals surface area contributed by atoms with E-state index in [1.54, 1.807) is 0 Å². The predicted molar refractivity (Wildman–Crippen MR) is 77.4 cm³/mol. The smallest absolute Gasteiger partial charge is 0.226 e. The maximum atomic E-state index is 5.63. The molecule has 1 aliphatic rings. The van der Waals surface area contributed by atoms with Crippen molar-refractivity contribution >= 4 is 0 Å². The SMILES string of the molecule is CC(CN)CCc1nc(C2CCc3ccccc32)no1. The molecular weight excluding hydrogens is 250 g/mol. The molecule has 3 rings (SSSR count). The highest BCUT2D eigenvalue weighted by molar-refractivity contribution is 5.38. The van der Waals surface area contributed by atoms with Crippen LogP contribution in [0.1, 0.15) is 48.5 Å². The van der Waals surface area contributed by atoms with Gasteiger partial charge in [0.2, 0.25) is 5.89 Å². The molecule has 4 nitrogen and oxygen atoms in total. The van der Waals surface area contributed by atoms with E-state index in [4.69, 9.17) is 10.3 Å². The molecule has 0 aliphatic heterocycles. The van der Waals surface area contributed by atoms with Crippen LogP contribution in [0, 0.1) is 5.92 Å². The average molecular weight is 271 g/mol. The zero-order valence-corrected chi connectivity index (χ0v) is 11.9. The van der Waals surface area contributed by atoms with E-state index in [0.717, 1.165) is 37.4 Å². The molecule has 1 aromatic carbocycles. The van der Waals surface area contributed by atoms with E-state index in [0.29, 0.717) is 18.4 Å². The van der Waals surface area contributed by atoms with Crippen molar-refractivity contribution in [2.24, 2.45) is 11.7 Å². The van der Waals surface area contributed by atoms with Gasteiger partial charge >= 0.3 is 0 Å². The van der Waals surface area contributed by atoms with Crippen molar-refractivity contribution in [1.82, 2.24) is 10.1 Å². The van der Waals surface area contributed by atoms with Crippen LogP contribution >= 0.6 is 0 Å². The van der Waals surface area contributed by atoms with E-state index in [1.165, 1.54) is 11.1 Å². The Labute approximate surface area is 119 Å². The minimum atomic E-state index is 0.302. The molecule has 0 bridgehead atoms. The molecule has 0 radical (unpaired) electrons. The number of rotatable bonds is 5. The highest BCUT2D eigenvalue weighted by atomic mass is 16.5. The quantitative estimate of drug-likeness (QED) is 0.908. The second kappa shape index (κ2) is 5.75. The Kier molecular flexibility index (Phi) is 3.83. The normalized spacial score (nSPS) is 19.0. The largest absolute Gasteiger partial charge is 0.339 e. The van der Waals surface area contributed by atoms with Crippen LogP contribution in [0.5, 0.6) is 0 Å². The fraction of sp³-hybridized carbons (Fsp3) is 0.500. The van der Waals surface area contributed by atoms with Gasteiger partial charge in [0.15, 0.2) is 5.82 Å². The highest BCUT2D eigenvalue weighted by Crippen LogP contribution is 2.36. The lowest BCUT2D eigenvalue weighted by Crippen LogP contribution is -2.11. The Morgan fingerprint density at radius 3 is 3.10 bits per heavy atom. The Morgan fingerprint density at radius 1 is 1.40 bits per heavy atom. The highest BCUT2D eigenvalue weighted by Gasteiger charge is 2.27. The molecule has 2 aromatic rings. The zero-order valence-electron chi connectivity index (χ0n) is 11.9. The molecule has 0 saturated heterocycles. The van der Waals surface area contributed by atoms with Crippen molar-refractivity contribution in [1.29, 1.82) is 0 Å². The molecule has 0 fully saturated rings. The fourth-order valence-electron chi connectivity index (χ4n) is 2.82. The van der Waals surface area contributed by atoms with Crippen LogP contribution < -0.4 is 5.73 Å². The number of aryl methyl sites for hydroxylation is 2. The van der Waals surface area contributed by atoms with Gasteiger partial charge in [-0.15, -0.1) is 0 Å². The second-order valence-electron chi connectivity index (χ2n) is 5.72. The molecule has 0 spiro atoms. The number of hydrogen-bond donors (Lipinski definition) is 1. The Morgan fingerprint density at radius 2 is 2.25 bits per heavy atom. The van der Waals surface area contributed by atoms with Crippen LogP contribution in [0.3, 0.4) is 0 Å². The molecule has 1 aliphatic carbocycles. The molecule has 2 atom stereocenters. The van der Waals surface area contributed by atoms with Gasteiger partial charge in [-0.05, 0) is 42.9 Å². The Hall–Kier alpha value is -1.68. The summed E-state index contributed by atoms with van der Waals surface area (Å²) in [4.78, 5) is 4.58. The third-order valence-corrected chi connectivity index (χ3v) is 4.18. The van der Waals surface area contributed by atoms with E-state index < -0.39 is 0 Å². The van der Waals surface area contributed by atoms with Gasteiger partial charge in [0, 0.05) is 12.3 Å². The van der Waals surface area contributed by atoms with Gasteiger partial charge in [-0.2, -0.15) is 4.98 Å². The second-order valence-corrected chi connectivity index (χ2v) is 5.72. The molecule has 4 heteroatoms. The van der Waals surface area contributed by atoms with Crippen LogP contribution in [-0.4, -0.2) is 16.7 Å². The number of benzene rings is 1. The molecule has 1 heterocycles. The summed E-state index contributed by atoms with van der Waals surface area (Å²) in [5.74, 6) is 2.38. The van der Waals surface area contributed by atoms with Crippen molar-refractivity contribution in [2.75, 3.05) is 6.54 Å². The molecule has 20 heavy (non-hydrogen) atoms. The van der Waals surface area contributed by atoms with Crippen molar-refractivity contribution < 1.29 is 4.52 Å². The number of fused-ring (bicyclic) bond motifs is 1. The van der Waals surface area contributed by atoms with Gasteiger partial charge in [-0.25, -0.2) is 0 Å². The summed E-state index contributed by atoms with van der Waals surface area (Å²) in [6, 6.07) is 8.55. The third-order valence-electron chi connectivity index (χ3n) is 4.18. The first-order valence-electron chi connectivity index (χ1n) is 7.38. The topological polar surface area (TPSA) is 64.9 Å². The van der Waals surface area contributed by atoms with E-state index in [1.807, 2.05) is 0 Å². The van der Waals surface area contributed by atoms with Crippen molar-refractivity contribution in [3.8, 4) is 0 Å². The van der Waals surface area contributed by atoms with Crippen LogP contribution in [0.15, 0.2) is 28.8 Å². The van der Waals surface area contributed by atoms with E-state index >= 15 is 0 Å². The van der Waals surface area contributed by atoms with Crippen molar-refractivity contribution in [3.63, 3.8) is 0 Å². The van der Waals surface area contributed by atoms with Crippen LogP contribution in [-0.2, 0) is 12.8 Å². The van der Waals surface area contributed by atoms with Gasteiger partial charge in [0.25, 0.3) is 0 Å².